The summed E-state index contributed by atoms with van der Waals surface area (Å²) in [5, 5.41) is 0. The van der Waals surface area contributed by atoms with Crippen LogP contribution in [0.5, 0.6) is 0 Å². The van der Waals surface area contributed by atoms with Crippen LogP contribution in [-0.2, 0) is 0 Å². The number of hydrogen-bond acceptors (Lipinski definition) is 1. The third-order valence-corrected chi connectivity index (χ3v) is 3.03. The topological polar surface area (TPSA) is 3.24 Å². The zero-order valence-electron chi connectivity index (χ0n) is 9.17. The van der Waals surface area contributed by atoms with E-state index in [1.54, 1.807) is 0 Å². The third kappa shape index (κ3) is 2.01. The average Bonchev–Trinajstić information content (AvgIpc) is 2.31. The van der Waals surface area contributed by atoms with E-state index in [0.29, 0.717) is 0 Å². The van der Waals surface area contributed by atoms with Crippen LogP contribution in [0.1, 0.15) is 41.0 Å². The van der Waals surface area contributed by atoms with Crippen LogP contribution in [0.25, 0.3) is 0 Å². The van der Waals surface area contributed by atoms with Gasteiger partial charge in [-0.1, -0.05) is 20.8 Å². The lowest BCUT2D eigenvalue weighted by Crippen LogP contribution is -2.38. The van der Waals surface area contributed by atoms with Gasteiger partial charge in [-0.15, -0.1) is 0 Å². The lowest BCUT2D eigenvalue weighted by Gasteiger charge is -2.30. The summed E-state index contributed by atoms with van der Waals surface area (Å²) in [5.74, 6) is 1.72. The van der Waals surface area contributed by atoms with Crippen molar-refractivity contribution in [3.8, 4) is 0 Å². The van der Waals surface area contributed by atoms with Crippen LogP contribution in [0.4, 0.5) is 0 Å². The van der Waals surface area contributed by atoms with Crippen molar-refractivity contribution >= 4 is 0 Å². The van der Waals surface area contributed by atoms with Crippen LogP contribution in [0.2, 0.25) is 0 Å². The lowest BCUT2D eigenvalue weighted by atomic mass is 9.98. The van der Waals surface area contributed by atoms with Crippen molar-refractivity contribution in [3.05, 3.63) is 0 Å². The molecule has 0 aromatic heterocycles. The van der Waals surface area contributed by atoms with Crippen molar-refractivity contribution in [1.29, 1.82) is 0 Å². The smallest absolute Gasteiger partial charge is 0.0124 e. The second-order valence-electron chi connectivity index (χ2n) is 4.94. The minimum absolute atomic E-state index is 0.724. The Hall–Kier alpha value is -0.0400. The molecule has 0 amide bonds. The van der Waals surface area contributed by atoms with Crippen LogP contribution in [0.15, 0.2) is 0 Å². The maximum absolute atomic E-state index is 2.66. The summed E-state index contributed by atoms with van der Waals surface area (Å²) >= 11 is 0. The summed E-state index contributed by atoms with van der Waals surface area (Å²) in [6.07, 6.45) is 1.40. The Labute approximate surface area is 77.1 Å². The van der Waals surface area contributed by atoms with E-state index in [9.17, 15) is 0 Å². The highest BCUT2D eigenvalue weighted by molar-refractivity contribution is 4.86. The van der Waals surface area contributed by atoms with Crippen molar-refractivity contribution in [2.24, 2.45) is 11.8 Å². The first-order valence-electron chi connectivity index (χ1n) is 5.28. The van der Waals surface area contributed by atoms with Gasteiger partial charge in [0.05, 0.1) is 0 Å². The van der Waals surface area contributed by atoms with Gasteiger partial charge in [0, 0.05) is 18.6 Å². The van der Waals surface area contributed by atoms with E-state index < -0.39 is 0 Å². The van der Waals surface area contributed by atoms with Crippen LogP contribution in [0, 0.1) is 11.8 Å². The Morgan fingerprint density at radius 1 is 1.17 bits per heavy atom. The standard InChI is InChI=1S/C11H23N/c1-8(2)11-6-10(5)7-12(11)9(3)4/h8-11H,6-7H2,1-5H3/t10-,11?/m0/s1. The summed E-state index contributed by atoms with van der Waals surface area (Å²) in [5.41, 5.74) is 0. The fraction of sp³-hybridized carbons (Fsp3) is 1.00. The molecule has 1 saturated heterocycles. The van der Waals surface area contributed by atoms with Gasteiger partial charge in [-0.3, -0.25) is 4.90 Å². The first-order valence-corrected chi connectivity index (χ1v) is 5.28. The molecule has 1 aliphatic heterocycles. The van der Waals surface area contributed by atoms with Gasteiger partial charge in [0.1, 0.15) is 0 Å². The van der Waals surface area contributed by atoms with E-state index in [2.05, 4.69) is 39.5 Å². The summed E-state index contributed by atoms with van der Waals surface area (Å²) < 4.78 is 0. The molecular weight excluding hydrogens is 146 g/mol. The van der Waals surface area contributed by atoms with Gasteiger partial charge in [-0.2, -0.15) is 0 Å². The summed E-state index contributed by atoms with van der Waals surface area (Å²) in [6, 6.07) is 1.56. The highest BCUT2D eigenvalue weighted by Crippen LogP contribution is 2.29. The van der Waals surface area contributed by atoms with Crippen molar-refractivity contribution in [1.82, 2.24) is 4.90 Å². The molecule has 0 aliphatic carbocycles. The molecule has 0 radical (unpaired) electrons. The molecule has 1 fully saturated rings. The van der Waals surface area contributed by atoms with Crippen LogP contribution in [0.3, 0.4) is 0 Å². The summed E-state index contributed by atoms with van der Waals surface area (Å²) in [7, 11) is 0. The number of hydrogen-bond donors (Lipinski definition) is 0. The molecule has 0 aromatic carbocycles. The predicted octanol–water partition coefficient (Wildman–Crippen LogP) is 2.76. The zero-order chi connectivity index (χ0) is 9.30. The second-order valence-corrected chi connectivity index (χ2v) is 4.94. The molecule has 1 aliphatic rings. The first-order chi connectivity index (χ1) is 5.52. The lowest BCUT2D eigenvalue weighted by molar-refractivity contribution is 0.164. The molecule has 0 bridgehead atoms. The maximum Gasteiger partial charge on any atom is 0.0124 e. The van der Waals surface area contributed by atoms with E-state index in [1.807, 2.05) is 0 Å². The van der Waals surface area contributed by atoms with Gasteiger partial charge >= 0.3 is 0 Å². The minimum atomic E-state index is 0.724. The first kappa shape index (κ1) is 10.0. The molecule has 0 N–H and O–H groups in total. The fourth-order valence-corrected chi connectivity index (χ4v) is 2.37. The molecule has 1 unspecified atom stereocenters. The Kier molecular flexibility index (Phi) is 3.16. The molecule has 1 heteroatoms. The molecular formula is C11H23N. The summed E-state index contributed by atoms with van der Waals surface area (Å²) in [4.78, 5) is 2.66. The third-order valence-electron chi connectivity index (χ3n) is 3.03. The number of likely N-dealkylation sites (tertiary alicyclic amines) is 1. The fourth-order valence-electron chi connectivity index (χ4n) is 2.37. The predicted molar refractivity (Wildman–Crippen MR) is 54.2 cm³/mol. The van der Waals surface area contributed by atoms with Crippen LogP contribution in [-0.4, -0.2) is 23.5 Å². The van der Waals surface area contributed by atoms with Gasteiger partial charge < -0.3 is 0 Å². The van der Waals surface area contributed by atoms with E-state index in [1.165, 1.54) is 13.0 Å². The van der Waals surface area contributed by atoms with E-state index in [0.717, 1.165) is 23.9 Å². The number of nitrogens with zero attached hydrogens (tertiary/aromatic N) is 1. The Bertz CT molecular complexity index is 124. The maximum atomic E-state index is 2.66. The molecule has 1 heterocycles. The quantitative estimate of drug-likeness (QED) is 0.614. The molecule has 1 nitrogen and oxygen atoms in total. The Morgan fingerprint density at radius 3 is 2.08 bits per heavy atom. The van der Waals surface area contributed by atoms with Crippen molar-refractivity contribution < 1.29 is 0 Å². The molecule has 2 atom stereocenters. The molecule has 1 rings (SSSR count). The Balaban J connectivity index is 2.59. The normalized spacial score (nSPS) is 32.2. The average molecular weight is 169 g/mol. The molecule has 0 saturated carbocycles. The van der Waals surface area contributed by atoms with Gasteiger partial charge in [-0.25, -0.2) is 0 Å². The van der Waals surface area contributed by atoms with Crippen molar-refractivity contribution in [2.75, 3.05) is 6.54 Å². The number of rotatable bonds is 2. The second kappa shape index (κ2) is 3.78. The summed E-state index contributed by atoms with van der Waals surface area (Å²) in [6.45, 7) is 13.0. The van der Waals surface area contributed by atoms with E-state index >= 15 is 0 Å². The van der Waals surface area contributed by atoms with E-state index in [-0.39, 0.29) is 0 Å². The van der Waals surface area contributed by atoms with Gasteiger partial charge in [-0.05, 0) is 32.1 Å². The minimum Gasteiger partial charge on any atom is -0.297 e. The van der Waals surface area contributed by atoms with Crippen LogP contribution >= 0.6 is 0 Å². The van der Waals surface area contributed by atoms with E-state index in [4.69, 9.17) is 0 Å². The van der Waals surface area contributed by atoms with Crippen molar-refractivity contribution in [3.63, 3.8) is 0 Å². The SMILES string of the molecule is CC(C)C1C[C@H](C)CN1C(C)C. The molecule has 72 valence electrons. The van der Waals surface area contributed by atoms with Gasteiger partial charge in [0.2, 0.25) is 0 Å². The Morgan fingerprint density at radius 2 is 1.75 bits per heavy atom. The molecule has 12 heavy (non-hydrogen) atoms. The van der Waals surface area contributed by atoms with Crippen molar-refractivity contribution in [2.45, 2.75) is 53.1 Å². The van der Waals surface area contributed by atoms with Crippen LogP contribution < -0.4 is 0 Å². The van der Waals surface area contributed by atoms with Gasteiger partial charge in [0.15, 0.2) is 0 Å². The van der Waals surface area contributed by atoms with Gasteiger partial charge in [0.25, 0.3) is 0 Å². The monoisotopic (exact) mass is 169 g/mol. The molecule has 0 aromatic rings. The molecule has 0 spiro atoms. The highest BCUT2D eigenvalue weighted by atomic mass is 15.2. The largest absolute Gasteiger partial charge is 0.297 e. The highest BCUT2D eigenvalue weighted by Gasteiger charge is 2.32. The zero-order valence-corrected chi connectivity index (χ0v) is 9.17.